The molecule has 17 heavy (non-hydrogen) atoms. The van der Waals surface area contributed by atoms with Crippen molar-refractivity contribution in [3.8, 4) is 5.75 Å². The van der Waals surface area contributed by atoms with E-state index in [1.807, 2.05) is 12.1 Å². The summed E-state index contributed by atoms with van der Waals surface area (Å²) in [6.07, 6.45) is 2.34. The number of nitrogens with two attached hydrogens (primary N) is 1. The molecule has 0 spiro atoms. The first-order valence-corrected chi connectivity index (χ1v) is 6.27. The van der Waals surface area contributed by atoms with Gasteiger partial charge in [-0.15, -0.1) is 0 Å². The van der Waals surface area contributed by atoms with Crippen LogP contribution in [0, 0.1) is 6.92 Å². The highest BCUT2D eigenvalue weighted by Gasteiger charge is 2.38. The first-order chi connectivity index (χ1) is 8.16. The molecule has 2 N–H and O–H groups in total. The Morgan fingerprint density at radius 3 is 2.59 bits per heavy atom. The van der Waals surface area contributed by atoms with Crippen LogP contribution in [-0.2, 0) is 0 Å². The van der Waals surface area contributed by atoms with Gasteiger partial charge in [0.05, 0.1) is 5.54 Å². The SMILES string of the molecule is Cc1ccc(OCC2(CN)CCCN2C)cc1. The number of hydrogen-bond donors (Lipinski definition) is 1. The first-order valence-electron chi connectivity index (χ1n) is 6.27. The highest BCUT2D eigenvalue weighted by atomic mass is 16.5. The van der Waals surface area contributed by atoms with Crippen molar-refractivity contribution in [1.29, 1.82) is 0 Å². The van der Waals surface area contributed by atoms with Crippen LogP contribution in [0.25, 0.3) is 0 Å². The number of nitrogens with zero attached hydrogens (tertiary/aromatic N) is 1. The van der Waals surface area contributed by atoms with Crippen molar-refractivity contribution in [2.45, 2.75) is 25.3 Å². The maximum Gasteiger partial charge on any atom is 0.119 e. The van der Waals surface area contributed by atoms with Crippen molar-refractivity contribution < 1.29 is 4.74 Å². The molecule has 1 aromatic carbocycles. The number of likely N-dealkylation sites (N-methyl/N-ethyl adjacent to an activating group) is 1. The zero-order valence-corrected chi connectivity index (χ0v) is 10.8. The van der Waals surface area contributed by atoms with Crippen LogP contribution in [0.5, 0.6) is 5.75 Å². The molecule has 3 nitrogen and oxygen atoms in total. The van der Waals surface area contributed by atoms with E-state index in [1.165, 1.54) is 12.0 Å². The summed E-state index contributed by atoms with van der Waals surface area (Å²) in [5.74, 6) is 0.934. The van der Waals surface area contributed by atoms with E-state index in [2.05, 4.69) is 31.0 Å². The lowest BCUT2D eigenvalue weighted by molar-refractivity contribution is 0.104. The summed E-state index contributed by atoms with van der Waals surface area (Å²) < 4.78 is 5.89. The summed E-state index contributed by atoms with van der Waals surface area (Å²) in [6.45, 7) is 4.54. The number of benzene rings is 1. The Labute approximate surface area is 104 Å². The van der Waals surface area contributed by atoms with E-state index in [9.17, 15) is 0 Å². The predicted molar refractivity (Wildman–Crippen MR) is 70.3 cm³/mol. The van der Waals surface area contributed by atoms with Crippen LogP contribution in [-0.4, -0.2) is 37.2 Å². The van der Waals surface area contributed by atoms with Crippen LogP contribution in [0.3, 0.4) is 0 Å². The van der Waals surface area contributed by atoms with Gasteiger partial charge in [0.25, 0.3) is 0 Å². The van der Waals surface area contributed by atoms with Crippen LogP contribution in [0.1, 0.15) is 18.4 Å². The molecule has 0 aliphatic carbocycles. The van der Waals surface area contributed by atoms with Gasteiger partial charge in [-0.1, -0.05) is 17.7 Å². The van der Waals surface area contributed by atoms with Crippen LogP contribution >= 0.6 is 0 Å². The monoisotopic (exact) mass is 234 g/mol. The third-order valence-electron chi connectivity index (χ3n) is 3.85. The lowest BCUT2D eigenvalue weighted by Gasteiger charge is -2.34. The third-order valence-corrected chi connectivity index (χ3v) is 3.85. The standard InChI is InChI=1S/C14H22N2O/c1-12-4-6-13(7-5-12)17-11-14(10-15)8-3-9-16(14)2/h4-7H,3,8-11,15H2,1-2H3. The van der Waals surface area contributed by atoms with Crippen molar-refractivity contribution in [1.82, 2.24) is 4.90 Å². The van der Waals surface area contributed by atoms with E-state index >= 15 is 0 Å². The molecular formula is C14H22N2O. The van der Waals surface area contributed by atoms with Crippen molar-refractivity contribution in [3.05, 3.63) is 29.8 Å². The van der Waals surface area contributed by atoms with Crippen LogP contribution in [0.4, 0.5) is 0 Å². The van der Waals surface area contributed by atoms with Crippen LogP contribution in [0.2, 0.25) is 0 Å². The molecule has 1 aliphatic rings. The smallest absolute Gasteiger partial charge is 0.119 e. The van der Waals surface area contributed by atoms with Gasteiger partial charge >= 0.3 is 0 Å². The van der Waals surface area contributed by atoms with Crippen molar-refractivity contribution >= 4 is 0 Å². The second-order valence-electron chi connectivity index (χ2n) is 5.06. The van der Waals surface area contributed by atoms with Crippen molar-refractivity contribution in [2.24, 2.45) is 5.73 Å². The van der Waals surface area contributed by atoms with Gasteiger partial charge in [0.1, 0.15) is 12.4 Å². The predicted octanol–water partition coefficient (Wildman–Crippen LogP) is 1.80. The first kappa shape index (κ1) is 12.4. The Morgan fingerprint density at radius 1 is 1.35 bits per heavy atom. The fourth-order valence-electron chi connectivity index (χ4n) is 2.42. The molecule has 94 valence electrons. The lowest BCUT2D eigenvalue weighted by Crippen LogP contribution is -2.52. The number of rotatable bonds is 4. The van der Waals surface area contributed by atoms with E-state index < -0.39 is 0 Å². The fraction of sp³-hybridized carbons (Fsp3) is 0.571. The Kier molecular flexibility index (Phi) is 3.69. The fourth-order valence-corrected chi connectivity index (χ4v) is 2.42. The quantitative estimate of drug-likeness (QED) is 0.863. The van der Waals surface area contributed by atoms with E-state index in [-0.39, 0.29) is 5.54 Å². The summed E-state index contributed by atoms with van der Waals surface area (Å²) in [7, 11) is 2.14. The van der Waals surface area contributed by atoms with Crippen molar-refractivity contribution in [2.75, 3.05) is 26.7 Å². The summed E-state index contributed by atoms with van der Waals surface area (Å²) >= 11 is 0. The second-order valence-corrected chi connectivity index (χ2v) is 5.06. The number of hydrogen-bond acceptors (Lipinski definition) is 3. The highest BCUT2D eigenvalue weighted by molar-refractivity contribution is 5.26. The van der Waals surface area contributed by atoms with E-state index in [0.29, 0.717) is 13.2 Å². The highest BCUT2D eigenvalue weighted by Crippen LogP contribution is 2.27. The molecule has 2 rings (SSSR count). The van der Waals surface area contributed by atoms with Gasteiger partial charge in [-0.3, -0.25) is 4.90 Å². The van der Waals surface area contributed by atoms with Gasteiger partial charge in [0.2, 0.25) is 0 Å². The summed E-state index contributed by atoms with van der Waals surface area (Å²) in [5, 5.41) is 0. The van der Waals surface area contributed by atoms with Gasteiger partial charge in [-0.25, -0.2) is 0 Å². The lowest BCUT2D eigenvalue weighted by atomic mass is 9.98. The molecule has 3 heteroatoms. The van der Waals surface area contributed by atoms with Crippen LogP contribution < -0.4 is 10.5 Å². The molecule has 1 saturated heterocycles. The molecular weight excluding hydrogens is 212 g/mol. The molecule has 1 unspecified atom stereocenters. The minimum Gasteiger partial charge on any atom is -0.492 e. The van der Waals surface area contributed by atoms with Gasteiger partial charge < -0.3 is 10.5 Å². The molecule has 1 heterocycles. The molecule has 0 bridgehead atoms. The van der Waals surface area contributed by atoms with Gasteiger partial charge in [-0.2, -0.15) is 0 Å². The van der Waals surface area contributed by atoms with Gasteiger partial charge in [0.15, 0.2) is 0 Å². The summed E-state index contributed by atoms with van der Waals surface area (Å²) in [4.78, 5) is 2.33. The average molecular weight is 234 g/mol. The number of aryl methyl sites for hydroxylation is 1. The van der Waals surface area contributed by atoms with E-state index in [4.69, 9.17) is 10.5 Å². The number of likely N-dealkylation sites (tertiary alicyclic amines) is 1. The molecule has 0 saturated carbocycles. The van der Waals surface area contributed by atoms with Gasteiger partial charge in [0, 0.05) is 6.54 Å². The van der Waals surface area contributed by atoms with E-state index in [1.54, 1.807) is 0 Å². The molecule has 1 atom stereocenters. The molecule has 0 aromatic heterocycles. The Bertz CT molecular complexity index is 363. The minimum atomic E-state index is 0.0326. The third kappa shape index (κ3) is 2.61. The molecule has 1 aliphatic heterocycles. The maximum absolute atomic E-state index is 5.93. The van der Waals surface area contributed by atoms with Crippen molar-refractivity contribution in [3.63, 3.8) is 0 Å². The second kappa shape index (κ2) is 5.07. The zero-order valence-electron chi connectivity index (χ0n) is 10.8. The molecule has 1 aromatic rings. The normalized spacial score (nSPS) is 25.1. The maximum atomic E-state index is 5.93. The molecule has 1 fully saturated rings. The Hall–Kier alpha value is -1.06. The summed E-state index contributed by atoms with van der Waals surface area (Å²) in [6, 6.07) is 8.19. The largest absolute Gasteiger partial charge is 0.492 e. The Morgan fingerprint density at radius 2 is 2.06 bits per heavy atom. The molecule has 0 radical (unpaired) electrons. The topological polar surface area (TPSA) is 38.5 Å². The van der Waals surface area contributed by atoms with Crippen LogP contribution in [0.15, 0.2) is 24.3 Å². The van der Waals surface area contributed by atoms with E-state index in [0.717, 1.165) is 18.7 Å². The average Bonchev–Trinajstić information content (AvgIpc) is 2.71. The summed E-state index contributed by atoms with van der Waals surface area (Å²) in [5.41, 5.74) is 7.21. The molecule has 0 amide bonds. The Balaban J connectivity index is 1.98. The zero-order chi connectivity index (χ0) is 12.3. The van der Waals surface area contributed by atoms with Gasteiger partial charge in [-0.05, 0) is 45.5 Å². The number of ether oxygens (including phenoxy) is 1. The minimum absolute atomic E-state index is 0.0326.